The van der Waals surface area contributed by atoms with Crippen molar-refractivity contribution < 1.29 is 4.79 Å². The molecular formula is C29H37N7O. The Kier molecular flexibility index (Phi) is 6.02. The third-order valence-electron chi connectivity index (χ3n) is 8.79. The molecule has 0 atom stereocenters. The Bertz CT molecular complexity index is 1470. The number of rotatable bonds is 4. The van der Waals surface area contributed by atoms with E-state index in [9.17, 15) is 4.79 Å². The summed E-state index contributed by atoms with van der Waals surface area (Å²) in [6.45, 7) is 11.2. The highest BCUT2D eigenvalue weighted by Crippen LogP contribution is 2.39. The van der Waals surface area contributed by atoms with Crippen molar-refractivity contribution in [2.75, 3.05) is 26.7 Å². The van der Waals surface area contributed by atoms with Gasteiger partial charge in [0.25, 0.3) is 0 Å². The highest BCUT2D eigenvalue weighted by Gasteiger charge is 2.31. The van der Waals surface area contributed by atoms with Gasteiger partial charge in [0.15, 0.2) is 5.65 Å². The highest BCUT2D eigenvalue weighted by atomic mass is 16.2. The quantitative estimate of drug-likeness (QED) is 0.436. The molecule has 8 heteroatoms. The van der Waals surface area contributed by atoms with Crippen molar-refractivity contribution in [1.29, 1.82) is 0 Å². The van der Waals surface area contributed by atoms with E-state index in [1.165, 1.54) is 16.8 Å². The van der Waals surface area contributed by atoms with Gasteiger partial charge in [0.1, 0.15) is 6.33 Å². The van der Waals surface area contributed by atoms with Crippen molar-refractivity contribution in [1.82, 2.24) is 34.4 Å². The number of nitrogens with one attached hydrogen (secondary N) is 1. The van der Waals surface area contributed by atoms with E-state index in [4.69, 9.17) is 4.98 Å². The Morgan fingerprint density at radius 3 is 2.57 bits per heavy atom. The third kappa shape index (κ3) is 4.11. The van der Waals surface area contributed by atoms with E-state index in [0.29, 0.717) is 24.4 Å². The van der Waals surface area contributed by atoms with Crippen molar-refractivity contribution in [2.45, 2.75) is 71.3 Å². The molecule has 0 unspecified atom stereocenters. The van der Waals surface area contributed by atoms with Crippen LogP contribution < -0.4 is 0 Å². The molecule has 194 valence electrons. The molecule has 6 rings (SSSR count). The number of likely N-dealkylation sites (N-methyl/N-ethyl adjacent to an activating group) is 1. The van der Waals surface area contributed by atoms with Crippen LogP contribution in [0.25, 0.3) is 27.9 Å². The van der Waals surface area contributed by atoms with Crippen LogP contribution in [0.1, 0.15) is 73.8 Å². The van der Waals surface area contributed by atoms with Gasteiger partial charge in [-0.25, -0.2) is 9.50 Å². The zero-order chi connectivity index (χ0) is 25.8. The molecule has 0 bridgehead atoms. The average Bonchev–Trinajstić information content (AvgIpc) is 3.52. The first-order valence-corrected chi connectivity index (χ1v) is 13.6. The van der Waals surface area contributed by atoms with Crippen LogP contribution in [0.3, 0.4) is 0 Å². The van der Waals surface area contributed by atoms with Crippen molar-refractivity contribution in [3.05, 3.63) is 47.0 Å². The van der Waals surface area contributed by atoms with Crippen molar-refractivity contribution in [2.24, 2.45) is 0 Å². The molecule has 1 N–H and O–H groups in total. The summed E-state index contributed by atoms with van der Waals surface area (Å²) < 4.78 is 1.87. The topological polar surface area (TPSA) is 82.4 Å². The number of aromatic nitrogens is 5. The molecule has 2 aliphatic rings. The molecule has 4 aromatic heterocycles. The van der Waals surface area contributed by atoms with Crippen LogP contribution in [0.15, 0.2) is 24.7 Å². The highest BCUT2D eigenvalue weighted by molar-refractivity contribution is 5.89. The number of aromatic amines is 1. The number of pyridine rings is 2. The normalized spacial score (nSPS) is 21.6. The fraction of sp³-hybridized carbons (Fsp3) is 0.517. The lowest BCUT2D eigenvalue weighted by molar-refractivity contribution is -0.135. The number of carbonyl (C=O) groups excluding carboxylic acids is 1. The molecule has 0 aromatic carbocycles. The van der Waals surface area contributed by atoms with E-state index in [1.807, 2.05) is 16.5 Å². The Morgan fingerprint density at radius 2 is 1.84 bits per heavy atom. The number of aryl methyl sites for hydroxylation is 1. The smallest absolute Gasteiger partial charge is 0.236 e. The zero-order valence-corrected chi connectivity index (χ0v) is 22.6. The number of fused-ring (bicyclic) bond motifs is 2. The largest absolute Gasteiger partial charge is 0.353 e. The molecular weight excluding hydrogens is 462 g/mol. The summed E-state index contributed by atoms with van der Waals surface area (Å²) in [4.78, 5) is 29.9. The molecule has 5 heterocycles. The molecule has 8 nitrogen and oxygen atoms in total. The number of hydrogen-bond acceptors (Lipinski definition) is 5. The molecule has 2 fully saturated rings. The van der Waals surface area contributed by atoms with Crippen LogP contribution in [0, 0.1) is 13.8 Å². The number of H-pyrrole nitrogens is 1. The van der Waals surface area contributed by atoms with Crippen molar-refractivity contribution in [3.8, 4) is 11.3 Å². The summed E-state index contributed by atoms with van der Waals surface area (Å²) in [5.41, 5.74) is 10.2. The number of amides is 1. The predicted octanol–water partition coefficient (Wildman–Crippen LogP) is 4.81. The maximum Gasteiger partial charge on any atom is 0.236 e. The van der Waals surface area contributed by atoms with Crippen molar-refractivity contribution in [3.63, 3.8) is 0 Å². The number of hydrogen-bond donors (Lipinski definition) is 1. The molecule has 1 saturated heterocycles. The first-order valence-electron chi connectivity index (χ1n) is 13.6. The molecule has 4 aromatic rings. The summed E-state index contributed by atoms with van der Waals surface area (Å²) in [6, 6.07) is 4.95. The first-order chi connectivity index (χ1) is 17.8. The lowest BCUT2D eigenvalue weighted by Gasteiger charge is -2.40. The Balaban J connectivity index is 1.30. The van der Waals surface area contributed by atoms with Gasteiger partial charge in [-0.05, 0) is 68.7 Å². The van der Waals surface area contributed by atoms with Crippen LogP contribution in [-0.4, -0.2) is 73.0 Å². The summed E-state index contributed by atoms with van der Waals surface area (Å²) in [6.07, 6.45) is 8.22. The second-order valence-corrected chi connectivity index (χ2v) is 11.3. The summed E-state index contributed by atoms with van der Waals surface area (Å²) >= 11 is 0. The van der Waals surface area contributed by atoms with Gasteiger partial charge in [0.05, 0.1) is 23.3 Å². The van der Waals surface area contributed by atoms with Gasteiger partial charge in [0, 0.05) is 55.1 Å². The Morgan fingerprint density at radius 1 is 1.05 bits per heavy atom. The standard InChI is InChI=1S/C29H37N7O/c1-17(2)26-27(22-14-36-29(30-16-31-36)19(4)18(22)3)33-24-11-10-23(32-28(24)26)20-6-8-21(9-7-20)35-13-12-34(5)25(37)15-35/h10-11,14,16-17,20-21,33H,6-9,12-13,15H2,1-5H3. The van der Waals surface area contributed by atoms with Gasteiger partial charge >= 0.3 is 0 Å². The lowest BCUT2D eigenvalue weighted by atomic mass is 9.83. The van der Waals surface area contributed by atoms with Crippen LogP contribution in [-0.2, 0) is 4.79 Å². The van der Waals surface area contributed by atoms with E-state index in [-0.39, 0.29) is 5.91 Å². The molecule has 0 spiro atoms. The Labute approximate surface area is 218 Å². The van der Waals surface area contributed by atoms with Crippen molar-refractivity contribution >= 4 is 22.6 Å². The Hall–Kier alpha value is -3.26. The number of nitrogens with zero attached hydrogens (tertiary/aromatic N) is 6. The maximum atomic E-state index is 12.2. The van der Waals surface area contributed by atoms with E-state index >= 15 is 0 Å². The fourth-order valence-electron chi connectivity index (χ4n) is 6.38. The van der Waals surface area contributed by atoms with Crippen LogP contribution in [0.4, 0.5) is 0 Å². The second-order valence-electron chi connectivity index (χ2n) is 11.3. The van der Waals surface area contributed by atoms with E-state index in [1.54, 1.807) is 6.33 Å². The molecule has 1 aliphatic heterocycles. The van der Waals surface area contributed by atoms with E-state index < -0.39 is 0 Å². The second kappa shape index (κ2) is 9.24. The predicted molar refractivity (Wildman–Crippen MR) is 146 cm³/mol. The molecule has 1 aliphatic carbocycles. The zero-order valence-electron chi connectivity index (χ0n) is 22.6. The van der Waals surface area contributed by atoms with Gasteiger partial charge in [-0.1, -0.05) is 13.8 Å². The van der Waals surface area contributed by atoms with Gasteiger partial charge in [-0.3, -0.25) is 14.7 Å². The van der Waals surface area contributed by atoms with Gasteiger partial charge in [-0.15, -0.1) is 0 Å². The summed E-state index contributed by atoms with van der Waals surface area (Å²) in [5.74, 6) is 1.04. The van der Waals surface area contributed by atoms with Crippen LogP contribution in [0.5, 0.6) is 0 Å². The monoisotopic (exact) mass is 499 g/mol. The minimum Gasteiger partial charge on any atom is -0.353 e. The van der Waals surface area contributed by atoms with Gasteiger partial charge in [-0.2, -0.15) is 5.10 Å². The van der Waals surface area contributed by atoms with E-state index in [2.05, 4.69) is 66.0 Å². The average molecular weight is 500 g/mol. The van der Waals surface area contributed by atoms with Gasteiger partial charge < -0.3 is 9.88 Å². The minimum absolute atomic E-state index is 0.248. The van der Waals surface area contributed by atoms with E-state index in [0.717, 1.165) is 72.3 Å². The molecule has 0 radical (unpaired) electrons. The number of piperazine rings is 1. The number of carbonyl (C=O) groups is 1. The minimum atomic E-state index is 0.248. The summed E-state index contributed by atoms with van der Waals surface area (Å²) in [5, 5.41) is 4.41. The lowest BCUT2D eigenvalue weighted by Crippen LogP contribution is -2.52. The molecule has 1 saturated carbocycles. The van der Waals surface area contributed by atoms with Gasteiger partial charge in [0.2, 0.25) is 5.91 Å². The van der Waals surface area contributed by atoms with Crippen LogP contribution in [0.2, 0.25) is 0 Å². The first kappa shape index (κ1) is 24.1. The SMILES string of the molecule is Cc1c(-c2[nH]c3ccc(C4CCC(N5CCN(C)C(=O)C5)CC4)nc3c2C(C)C)cn2ncnc2c1C. The third-order valence-corrected chi connectivity index (χ3v) is 8.79. The summed E-state index contributed by atoms with van der Waals surface area (Å²) in [7, 11) is 1.91. The molecule has 37 heavy (non-hydrogen) atoms. The maximum absolute atomic E-state index is 12.2. The van der Waals surface area contributed by atoms with Crippen LogP contribution >= 0.6 is 0 Å². The fourth-order valence-corrected chi connectivity index (χ4v) is 6.38. The molecule has 1 amide bonds.